The Bertz CT molecular complexity index is 825. The molecule has 0 bridgehead atoms. The van der Waals surface area contributed by atoms with Crippen molar-refractivity contribution in [3.8, 4) is 0 Å². The van der Waals surface area contributed by atoms with Crippen LogP contribution in [0.5, 0.6) is 0 Å². The van der Waals surface area contributed by atoms with E-state index in [1.807, 2.05) is 19.9 Å². The van der Waals surface area contributed by atoms with E-state index in [2.05, 4.69) is 20.3 Å². The molecule has 2 aromatic rings. The molecule has 1 N–H and O–H groups in total. The van der Waals surface area contributed by atoms with Crippen LogP contribution in [0.15, 0.2) is 24.5 Å². The number of carbonyl (C=O) groups is 1. The Morgan fingerprint density at radius 1 is 1.29 bits per heavy atom. The van der Waals surface area contributed by atoms with Gasteiger partial charge in [-0.15, -0.1) is 0 Å². The predicted molar refractivity (Wildman–Crippen MR) is 95.8 cm³/mol. The average Bonchev–Trinajstić information content (AvgIpc) is 3.02. The highest BCUT2D eigenvalue weighted by molar-refractivity contribution is 5.95. The third kappa shape index (κ3) is 4.61. The molecule has 0 radical (unpaired) electrons. The summed E-state index contributed by atoms with van der Waals surface area (Å²) in [6, 6.07) is 3.62. The standard InChI is InChI=1S/C18H22F3N5O2/c1-11-8-26(9-12(2)28-11)15-5-4-13(6-22-15)7-23-17(27)14-10-25(3)24-16(14)18(19,20)21/h4-6,10-12H,7-9H2,1-3H3,(H,23,27). The molecule has 3 rings (SSSR count). The first-order valence-electron chi connectivity index (χ1n) is 8.88. The highest BCUT2D eigenvalue weighted by Gasteiger charge is 2.38. The number of ether oxygens (including phenoxy) is 1. The van der Waals surface area contributed by atoms with Crippen molar-refractivity contribution >= 4 is 11.7 Å². The fraction of sp³-hybridized carbons (Fsp3) is 0.500. The molecule has 7 nitrogen and oxygen atoms in total. The minimum absolute atomic E-state index is 0.0637. The Kier molecular flexibility index (Phi) is 5.59. The number of halogens is 3. The number of hydrogen-bond donors (Lipinski definition) is 1. The number of pyridine rings is 1. The van der Waals surface area contributed by atoms with Crippen molar-refractivity contribution < 1.29 is 22.7 Å². The molecule has 1 aliphatic rings. The summed E-state index contributed by atoms with van der Waals surface area (Å²) in [6.45, 7) is 5.53. The van der Waals surface area contributed by atoms with Gasteiger partial charge in [0.1, 0.15) is 5.82 Å². The maximum absolute atomic E-state index is 13.0. The minimum Gasteiger partial charge on any atom is -0.372 e. The maximum atomic E-state index is 13.0. The van der Waals surface area contributed by atoms with Crippen LogP contribution in [0.3, 0.4) is 0 Å². The van der Waals surface area contributed by atoms with Crippen molar-refractivity contribution in [2.24, 2.45) is 7.05 Å². The van der Waals surface area contributed by atoms with Gasteiger partial charge in [-0.05, 0) is 25.5 Å². The maximum Gasteiger partial charge on any atom is 0.435 e. The molecule has 0 saturated carbocycles. The first-order valence-corrected chi connectivity index (χ1v) is 8.88. The topological polar surface area (TPSA) is 72.3 Å². The van der Waals surface area contributed by atoms with Crippen molar-refractivity contribution in [2.75, 3.05) is 18.0 Å². The Morgan fingerprint density at radius 2 is 1.96 bits per heavy atom. The van der Waals surface area contributed by atoms with E-state index in [1.54, 1.807) is 12.3 Å². The van der Waals surface area contributed by atoms with Crippen LogP contribution in [0.4, 0.5) is 19.0 Å². The molecule has 1 saturated heterocycles. The highest BCUT2D eigenvalue weighted by Crippen LogP contribution is 2.30. The van der Waals surface area contributed by atoms with Gasteiger partial charge < -0.3 is 15.0 Å². The van der Waals surface area contributed by atoms with Crippen LogP contribution in [-0.4, -0.2) is 46.0 Å². The molecule has 3 heterocycles. The summed E-state index contributed by atoms with van der Waals surface area (Å²) in [5.41, 5.74) is -1.02. The predicted octanol–water partition coefficient (Wildman–Crippen LogP) is 2.38. The van der Waals surface area contributed by atoms with E-state index in [-0.39, 0.29) is 18.8 Å². The van der Waals surface area contributed by atoms with Gasteiger partial charge in [-0.2, -0.15) is 18.3 Å². The lowest BCUT2D eigenvalue weighted by Crippen LogP contribution is -2.45. The van der Waals surface area contributed by atoms with Gasteiger partial charge in [0.2, 0.25) is 0 Å². The zero-order valence-corrected chi connectivity index (χ0v) is 15.8. The normalized spacial score (nSPS) is 20.3. The molecule has 10 heteroatoms. The second-order valence-electron chi connectivity index (χ2n) is 6.93. The Hall–Kier alpha value is -2.62. The first-order chi connectivity index (χ1) is 13.1. The molecule has 1 amide bonds. The zero-order valence-electron chi connectivity index (χ0n) is 15.8. The fourth-order valence-electron chi connectivity index (χ4n) is 3.21. The van der Waals surface area contributed by atoms with E-state index >= 15 is 0 Å². The number of anilines is 1. The SMILES string of the molecule is CC1CN(c2ccc(CNC(=O)c3cn(C)nc3C(F)(F)F)cn2)CC(C)O1. The summed E-state index contributed by atoms with van der Waals surface area (Å²) in [5.74, 6) is -0.0379. The number of morpholine rings is 1. The van der Waals surface area contributed by atoms with Crippen LogP contribution >= 0.6 is 0 Å². The van der Waals surface area contributed by atoms with E-state index < -0.39 is 23.3 Å². The van der Waals surface area contributed by atoms with E-state index in [9.17, 15) is 18.0 Å². The number of amides is 1. The largest absolute Gasteiger partial charge is 0.435 e. The molecular weight excluding hydrogens is 375 g/mol. The quantitative estimate of drug-likeness (QED) is 0.858. The Balaban J connectivity index is 1.63. The van der Waals surface area contributed by atoms with Gasteiger partial charge in [0.05, 0.1) is 17.8 Å². The number of aryl methyl sites for hydroxylation is 1. The van der Waals surface area contributed by atoms with Gasteiger partial charge >= 0.3 is 6.18 Å². The van der Waals surface area contributed by atoms with Crippen molar-refractivity contribution in [1.29, 1.82) is 0 Å². The smallest absolute Gasteiger partial charge is 0.372 e. The van der Waals surface area contributed by atoms with E-state index in [4.69, 9.17) is 4.74 Å². The first kappa shape index (κ1) is 20.1. The molecule has 1 aliphatic heterocycles. The molecule has 0 spiro atoms. The van der Waals surface area contributed by atoms with Crippen LogP contribution in [0.2, 0.25) is 0 Å². The molecule has 1 fully saturated rings. The average molecular weight is 397 g/mol. The van der Waals surface area contributed by atoms with Gasteiger partial charge in [0.15, 0.2) is 5.69 Å². The molecule has 2 unspecified atom stereocenters. The summed E-state index contributed by atoms with van der Waals surface area (Å²) in [6.07, 6.45) is -1.82. The van der Waals surface area contributed by atoms with Gasteiger partial charge in [-0.25, -0.2) is 4.98 Å². The second kappa shape index (κ2) is 7.78. The Labute approximate surface area is 160 Å². The molecule has 2 atom stereocenters. The van der Waals surface area contributed by atoms with Gasteiger partial charge in [0.25, 0.3) is 5.91 Å². The molecule has 0 aromatic carbocycles. The van der Waals surface area contributed by atoms with Crippen LogP contribution in [0.1, 0.15) is 35.5 Å². The van der Waals surface area contributed by atoms with Crippen molar-refractivity contribution in [3.05, 3.63) is 41.3 Å². The lowest BCUT2D eigenvalue weighted by Gasteiger charge is -2.36. The van der Waals surface area contributed by atoms with Crippen molar-refractivity contribution in [1.82, 2.24) is 20.1 Å². The van der Waals surface area contributed by atoms with E-state index in [1.165, 1.54) is 7.05 Å². The highest BCUT2D eigenvalue weighted by atomic mass is 19.4. The van der Waals surface area contributed by atoms with Crippen molar-refractivity contribution in [2.45, 2.75) is 38.8 Å². The van der Waals surface area contributed by atoms with E-state index in [0.29, 0.717) is 5.56 Å². The fourth-order valence-corrected chi connectivity index (χ4v) is 3.21. The number of rotatable bonds is 4. The summed E-state index contributed by atoms with van der Waals surface area (Å²) in [5, 5.41) is 5.82. The summed E-state index contributed by atoms with van der Waals surface area (Å²) in [7, 11) is 1.34. The van der Waals surface area contributed by atoms with Gasteiger partial charge in [-0.1, -0.05) is 6.07 Å². The molecular formula is C18H22F3N5O2. The summed E-state index contributed by atoms with van der Waals surface area (Å²) in [4.78, 5) is 18.7. The number of aromatic nitrogens is 3. The number of nitrogens with zero attached hydrogens (tertiary/aromatic N) is 4. The van der Waals surface area contributed by atoms with E-state index in [0.717, 1.165) is 29.8 Å². The summed E-state index contributed by atoms with van der Waals surface area (Å²) < 4.78 is 45.6. The lowest BCUT2D eigenvalue weighted by molar-refractivity contribution is -0.141. The lowest BCUT2D eigenvalue weighted by atomic mass is 10.2. The summed E-state index contributed by atoms with van der Waals surface area (Å²) >= 11 is 0. The second-order valence-corrected chi connectivity index (χ2v) is 6.93. The minimum atomic E-state index is -4.69. The monoisotopic (exact) mass is 397 g/mol. The third-order valence-electron chi connectivity index (χ3n) is 4.35. The number of alkyl halides is 3. The number of nitrogens with one attached hydrogen (secondary N) is 1. The van der Waals surface area contributed by atoms with Crippen LogP contribution in [0.25, 0.3) is 0 Å². The number of carbonyl (C=O) groups excluding carboxylic acids is 1. The number of hydrogen-bond acceptors (Lipinski definition) is 5. The molecule has 28 heavy (non-hydrogen) atoms. The van der Waals surface area contributed by atoms with Gasteiger partial charge in [-0.3, -0.25) is 9.48 Å². The van der Waals surface area contributed by atoms with Gasteiger partial charge in [0, 0.05) is 39.1 Å². The van der Waals surface area contributed by atoms with Crippen LogP contribution < -0.4 is 10.2 Å². The molecule has 2 aromatic heterocycles. The molecule has 0 aliphatic carbocycles. The third-order valence-corrected chi connectivity index (χ3v) is 4.35. The van der Waals surface area contributed by atoms with Crippen LogP contribution in [0, 0.1) is 0 Å². The van der Waals surface area contributed by atoms with Crippen molar-refractivity contribution in [3.63, 3.8) is 0 Å². The van der Waals surface area contributed by atoms with Crippen LogP contribution in [-0.2, 0) is 24.5 Å². The molecule has 152 valence electrons. The Morgan fingerprint density at radius 3 is 2.54 bits per heavy atom. The zero-order chi connectivity index (χ0) is 20.5.